The number of hydrogen-bond donors (Lipinski definition) is 1. The van der Waals surface area contributed by atoms with Crippen molar-refractivity contribution in [2.24, 2.45) is 7.05 Å². The maximum absolute atomic E-state index is 12.3. The van der Waals surface area contributed by atoms with Crippen LogP contribution in [0.2, 0.25) is 0 Å². The predicted octanol–water partition coefficient (Wildman–Crippen LogP) is 0.0651. The van der Waals surface area contributed by atoms with Crippen molar-refractivity contribution in [3.63, 3.8) is 0 Å². The molecule has 0 aliphatic rings. The Morgan fingerprint density at radius 2 is 2.29 bits per heavy atom. The molecule has 3 heterocycles. The number of rotatable bonds is 3. The fourth-order valence-electron chi connectivity index (χ4n) is 2.09. The van der Waals surface area contributed by atoms with Gasteiger partial charge in [-0.25, -0.2) is 4.68 Å². The maximum Gasteiger partial charge on any atom is 0.293 e. The Morgan fingerprint density at radius 1 is 1.48 bits per heavy atom. The molecule has 1 amide bonds. The Hall–Kier alpha value is -2.97. The minimum Gasteiger partial charge on any atom is -0.363 e. The lowest BCUT2D eigenvalue weighted by atomic mass is 10.3. The van der Waals surface area contributed by atoms with Crippen LogP contribution in [0.5, 0.6) is 0 Å². The van der Waals surface area contributed by atoms with Gasteiger partial charge < -0.3 is 9.84 Å². The van der Waals surface area contributed by atoms with Crippen LogP contribution < -0.4 is 10.9 Å². The Balaban J connectivity index is 1.91. The smallest absolute Gasteiger partial charge is 0.293 e. The number of aryl methyl sites for hydroxylation is 2. The molecule has 0 unspecified atom stereocenters. The number of nitrogens with zero attached hydrogens (tertiary/aromatic N) is 5. The van der Waals surface area contributed by atoms with Gasteiger partial charge in [0.1, 0.15) is 18.3 Å². The van der Waals surface area contributed by atoms with Crippen molar-refractivity contribution in [1.29, 1.82) is 0 Å². The summed E-state index contributed by atoms with van der Waals surface area (Å²) >= 11 is 0. The van der Waals surface area contributed by atoms with Crippen molar-refractivity contribution in [2.75, 3.05) is 5.32 Å². The lowest BCUT2D eigenvalue weighted by Crippen LogP contribution is -2.30. The molecule has 0 bridgehead atoms. The van der Waals surface area contributed by atoms with Crippen molar-refractivity contribution < 1.29 is 9.32 Å². The monoisotopic (exact) mass is 288 g/mol. The predicted molar refractivity (Wildman–Crippen MR) is 72.6 cm³/mol. The number of carbonyl (C=O) groups is 1. The van der Waals surface area contributed by atoms with E-state index in [1.165, 1.54) is 23.2 Å². The zero-order chi connectivity index (χ0) is 15.0. The molecular weight excluding hydrogens is 276 g/mol. The van der Waals surface area contributed by atoms with E-state index in [0.29, 0.717) is 10.9 Å². The van der Waals surface area contributed by atoms with Crippen molar-refractivity contribution in [2.45, 2.75) is 13.5 Å². The second-order valence-corrected chi connectivity index (χ2v) is 4.51. The highest BCUT2D eigenvalue weighted by Crippen LogP contribution is 2.11. The second-order valence-electron chi connectivity index (χ2n) is 4.51. The summed E-state index contributed by atoms with van der Waals surface area (Å²) in [6, 6.07) is 1.50. The summed E-state index contributed by atoms with van der Waals surface area (Å²) in [4.78, 5) is 24.2. The van der Waals surface area contributed by atoms with Gasteiger partial charge >= 0.3 is 0 Å². The van der Waals surface area contributed by atoms with Crippen molar-refractivity contribution in [3.8, 4) is 0 Å². The van der Waals surface area contributed by atoms with Gasteiger partial charge in [0.05, 0.1) is 11.9 Å². The fourth-order valence-corrected chi connectivity index (χ4v) is 2.09. The first-order valence-electron chi connectivity index (χ1n) is 6.16. The molecule has 9 nitrogen and oxygen atoms in total. The van der Waals surface area contributed by atoms with E-state index < -0.39 is 5.91 Å². The maximum atomic E-state index is 12.3. The number of amides is 1. The van der Waals surface area contributed by atoms with Crippen LogP contribution in [0.3, 0.4) is 0 Å². The molecular formula is C12H12N6O3. The third-order valence-electron chi connectivity index (χ3n) is 3.03. The molecule has 3 aromatic rings. The van der Waals surface area contributed by atoms with E-state index in [-0.39, 0.29) is 17.9 Å². The van der Waals surface area contributed by atoms with Crippen LogP contribution in [0, 0.1) is 6.92 Å². The lowest BCUT2D eigenvalue weighted by molar-refractivity contribution is -0.117. The topological polar surface area (TPSA) is 108 Å². The summed E-state index contributed by atoms with van der Waals surface area (Å²) in [5, 5.41) is 14.9. The van der Waals surface area contributed by atoms with E-state index >= 15 is 0 Å². The lowest BCUT2D eigenvalue weighted by Gasteiger charge is -2.04. The van der Waals surface area contributed by atoms with Gasteiger partial charge in [0, 0.05) is 18.5 Å². The average Bonchev–Trinajstić information content (AvgIpc) is 3.02. The Labute approximate surface area is 118 Å². The summed E-state index contributed by atoms with van der Waals surface area (Å²) in [6.45, 7) is 1.58. The number of anilines is 1. The van der Waals surface area contributed by atoms with Gasteiger partial charge in [0.2, 0.25) is 5.91 Å². The van der Waals surface area contributed by atoms with Crippen molar-refractivity contribution in [3.05, 3.63) is 34.6 Å². The summed E-state index contributed by atoms with van der Waals surface area (Å²) < 4.78 is 7.17. The first kappa shape index (κ1) is 13.0. The first-order chi connectivity index (χ1) is 10.1. The van der Waals surface area contributed by atoms with E-state index in [1.807, 2.05) is 0 Å². The first-order valence-corrected chi connectivity index (χ1v) is 6.16. The number of nitrogens with one attached hydrogen (secondary N) is 1. The normalized spacial score (nSPS) is 11.0. The minimum absolute atomic E-state index is 0.216. The zero-order valence-corrected chi connectivity index (χ0v) is 11.4. The van der Waals surface area contributed by atoms with E-state index in [9.17, 15) is 9.59 Å². The minimum atomic E-state index is -0.420. The molecule has 0 aliphatic carbocycles. The van der Waals surface area contributed by atoms with E-state index in [4.69, 9.17) is 0 Å². The van der Waals surface area contributed by atoms with Gasteiger partial charge in [-0.1, -0.05) is 5.16 Å². The average molecular weight is 288 g/mol. The summed E-state index contributed by atoms with van der Waals surface area (Å²) in [7, 11) is 1.68. The Bertz CT molecular complexity index is 861. The van der Waals surface area contributed by atoms with Crippen LogP contribution in [0.1, 0.15) is 5.69 Å². The quantitative estimate of drug-likeness (QED) is 0.730. The van der Waals surface area contributed by atoms with Crippen LogP contribution >= 0.6 is 0 Å². The van der Waals surface area contributed by atoms with Crippen molar-refractivity contribution in [1.82, 2.24) is 24.7 Å². The molecule has 0 fully saturated rings. The molecule has 1 N–H and O–H groups in total. The second kappa shape index (κ2) is 4.85. The third kappa shape index (κ3) is 2.29. The van der Waals surface area contributed by atoms with Gasteiger partial charge in [-0.15, -0.1) is 0 Å². The highest BCUT2D eigenvalue weighted by molar-refractivity contribution is 5.89. The van der Waals surface area contributed by atoms with Gasteiger partial charge in [0.15, 0.2) is 5.82 Å². The largest absolute Gasteiger partial charge is 0.363 e. The molecule has 0 radical (unpaired) electrons. The molecule has 0 aromatic carbocycles. The Kier molecular flexibility index (Phi) is 3.01. The number of carbonyl (C=O) groups excluding carboxylic acids is 1. The highest BCUT2D eigenvalue weighted by atomic mass is 16.5. The van der Waals surface area contributed by atoms with Crippen LogP contribution in [-0.4, -0.2) is 30.6 Å². The van der Waals surface area contributed by atoms with Crippen LogP contribution in [0.25, 0.3) is 10.9 Å². The van der Waals surface area contributed by atoms with E-state index in [2.05, 4.69) is 25.2 Å². The number of aromatic nitrogens is 5. The molecule has 0 saturated carbocycles. The zero-order valence-electron chi connectivity index (χ0n) is 11.4. The molecule has 0 aliphatic heterocycles. The molecule has 0 atom stereocenters. The van der Waals surface area contributed by atoms with Crippen LogP contribution in [0.15, 0.2) is 27.8 Å². The van der Waals surface area contributed by atoms with Gasteiger partial charge in [0.25, 0.3) is 5.56 Å². The molecule has 9 heteroatoms. The molecule has 108 valence electrons. The number of fused-ring (bicyclic) bond motifs is 1. The highest BCUT2D eigenvalue weighted by Gasteiger charge is 2.14. The molecule has 0 spiro atoms. The molecule has 0 saturated heterocycles. The molecule has 21 heavy (non-hydrogen) atoms. The van der Waals surface area contributed by atoms with E-state index in [0.717, 1.165) is 10.4 Å². The van der Waals surface area contributed by atoms with Crippen molar-refractivity contribution >= 4 is 22.6 Å². The Morgan fingerprint density at radius 3 is 3.00 bits per heavy atom. The summed E-state index contributed by atoms with van der Waals surface area (Å²) in [5.41, 5.74) is 0.763. The molecule has 3 aromatic heterocycles. The summed E-state index contributed by atoms with van der Waals surface area (Å²) in [5.74, 6) is -0.137. The van der Waals surface area contributed by atoms with Crippen LogP contribution in [-0.2, 0) is 18.4 Å². The molecule has 3 rings (SSSR count). The van der Waals surface area contributed by atoms with Crippen LogP contribution in [0.4, 0.5) is 5.82 Å². The van der Waals surface area contributed by atoms with Gasteiger partial charge in [-0.2, -0.15) is 10.2 Å². The SMILES string of the molecule is Cc1nn(C)c2c(=O)n(CC(=O)Nc3ccon3)ncc12. The van der Waals surface area contributed by atoms with Gasteiger partial charge in [-0.05, 0) is 6.92 Å². The third-order valence-corrected chi connectivity index (χ3v) is 3.03. The summed E-state index contributed by atoms with van der Waals surface area (Å²) in [6.07, 6.45) is 2.87. The fraction of sp³-hybridized carbons (Fsp3) is 0.250. The van der Waals surface area contributed by atoms with E-state index in [1.54, 1.807) is 14.0 Å². The van der Waals surface area contributed by atoms with Gasteiger partial charge in [-0.3, -0.25) is 14.3 Å². The number of hydrogen-bond acceptors (Lipinski definition) is 6. The standard InChI is InChI=1S/C12H12N6O3/c1-7-8-5-13-18(12(20)11(8)17(2)15-7)6-10(19)14-9-3-4-21-16-9/h3-5H,6H2,1-2H3,(H,14,16,19).